The molecule has 2 N–H and O–H groups in total. The van der Waals surface area contributed by atoms with E-state index in [-0.39, 0.29) is 11.9 Å². The highest BCUT2D eigenvalue weighted by Crippen LogP contribution is 2.20. The first-order valence-corrected chi connectivity index (χ1v) is 4.23. The van der Waals surface area contributed by atoms with E-state index in [1.54, 1.807) is 12.1 Å². The predicted molar refractivity (Wildman–Crippen MR) is 48.6 cm³/mol. The van der Waals surface area contributed by atoms with E-state index >= 15 is 0 Å². The molecule has 12 heavy (non-hydrogen) atoms. The number of hydrogen-bond acceptors (Lipinski definition) is 1. The number of benzene rings is 1. The Hall–Kier alpha value is -0.600. The van der Waals surface area contributed by atoms with Gasteiger partial charge in [-0.3, -0.25) is 0 Å². The van der Waals surface area contributed by atoms with Gasteiger partial charge >= 0.3 is 0 Å². The zero-order chi connectivity index (χ0) is 9.14. The zero-order valence-corrected chi connectivity index (χ0v) is 7.61. The lowest BCUT2D eigenvalue weighted by Crippen LogP contribution is -2.10. The summed E-state index contributed by atoms with van der Waals surface area (Å²) >= 11 is 5.58. The summed E-state index contributed by atoms with van der Waals surface area (Å²) in [7, 11) is 0. The van der Waals surface area contributed by atoms with Crippen molar-refractivity contribution in [2.45, 2.75) is 19.4 Å². The summed E-state index contributed by atoms with van der Waals surface area (Å²) < 4.78 is 13.1. The van der Waals surface area contributed by atoms with Crippen LogP contribution in [-0.2, 0) is 0 Å². The zero-order valence-electron chi connectivity index (χ0n) is 6.85. The van der Waals surface area contributed by atoms with Crippen LogP contribution in [-0.4, -0.2) is 0 Å². The Labute approximate surface area is 76.3 Å². The molecule has 0 spiro atoms. The summed E-state index contributed by atoms with van der Waals surface area (Å²) in [4.78, 5) is 0. The van der Waals surface area contributed by atoms with Crippen LogP contribution in [0.4, 0.5) is 4.39 Å². The van der Waals surface area contributed by atoms with Crippen LogP contribution in [0.15, 0.2) is 18.2 Å². The molecule has 3 heteroatoms. The first-order valence-electron chi connectivity index (χ1n) is 3.85. The van der Waals surface area contributed by atoms with Gasteiger partial charge in [-0.15, -0.1) is 0 Å². The molecule has 0 bridgehead atoms. The number of nitrogens with two attached hydrogens (primary N) is 1. The standard InChI is InChI=1S/C9H11ClFN/c1-2-9(12)7-4-3-6(10)5-8(7)11/h3-5,9H,2,12H2,1H3/t9-/m1/s1. The monoisotopic (exact) mass is 187 g/mol. The highest BCUT2D eigenvalue weighted by Gasteiger charge is 2.08. The molecule has 0 fully saturated rings. The van der Waals surface area contributed by atoms with Crippen LogP contribution in [0.25, 0.3) is 0 Å². The van der Waals surface area contributed by atoms with Crippen molar-refractivity contribution in [3.8, 4) is 0 Å². The topological polar surface area (TPSA) is 26.0 Å². The van der Waals surface area contributed by atoms with Crippen LogP contribution in [0.5, 0.6) is 0 Å². The van der Waals surface area contributed by atoms with Gasteiger partial charge < -0.3 is 5.73 Å². The molecule has 0 aromatic heterocycles. The van der Waals surface area contributed by atoms with Crippen molar-refractivity contribution in [2.75, 3.05) is 0 Å². The molecule has 0 radical (unpaired) electrons. The Morgan fingerprint density at radius 1 is 1.58 bits per heavy atom. The summed E-state index contributed by atoms with van der Waals surface area (Å²) in [6.45, 7) is 1.92. The van der Waals surface area contributed by atoms with Crippen molar-refractivity contribution in [3.05, 3.63) is 34.6 Å². The summed E-state index contributed by atoms with van der Waals surface area (Å²) in [5.74, 6) is -0.322. The minimum atomic E-state index is -0.322. The van der Waals surface area contributed by atoms with Gasteiger partial charge in [0.25, 0.3) is 0 Å². The molecule has 0 heterocycles. The number of hydrogen-bond donors (Lipinski definition) is 1. The minimum Gasteiger partial charge on any atom is -0.324 e. The maximum Gasteiger partial charge on any atom is 0.129 e. The fourth-order valence-electron chi connectivity index (χ4n) is 1.02. The van der Waals surface area contributed by atoms with E-state index < -0.39 is 0 Å². The first-order chi connectivity index (χ1) is 5.65. The average molecular weight is 188 g/mol. The molecule has 0 aliphatic carbocycles. The molecular weight excluding hydrogens is 177 g/mol. The molecule has 1 nitrogen and oxygen atoms in total. The van der Waals surface area contributed by atoms with Crippen LogP contribution in [0, 0.1) is 5.82 Å². The molecule has 1 aromatic carbocycles. The highest BCUT2D eigenvalue weighted by atomic mass is 35.5. The Balaban J connectivity index is 3.01. The summed E-state index contributed by atoms with van der Waals surface area (Å²) in [6, 6.07) is 4.33. The number of halogens is 2. The molecule has 0 aliphatic heterocycles. The minimum absolute atomic E-state index is 0.234. The van der Waals surface area contributed by atoms with Gasteiger partial charge in [-0.05, 0) is 18.6 Å². The second-order valence-corrected chi connectivity index (χ2v) is 3.12. The fourth-order valence-corrected chi connectivity index (χ4v) is 1.18. The summed E-state index contributed by atoms with van der Waals surface area (Å²) in [6.07, 6.45) is 0.721. The van der Waals surface area contributed by atoms with Crippen molar-refractivity contribution in [1.29, 1.82) is 0 Å². The predicted octanol–water partition coefficient (Wildman–Crippen LogP) is 2.89. The van der Waals surface area contributed by atoms with Gasteiger partial charge in [-0.25, -0.2) is 4.39 Å². The molecule has 0 unspecified atom stereocenters. The molecule has 0 saturated heterocycles. The van der Waals surface area contributed by atoms with E-state index in [1.165, 1.54) is 6.07 Å². The molecule has 66 valence electrons. The third-order valence-corrected chi connectivity index (χ3v) is 2.04. The maximum atomic E-state index is 13.1. The normalized spacial score (nSPS) is 13.0. The van der Waals surface area contributed by atoms with Gasteiger partial charge in [0.05, 0.1) is 0 Å². The van der Waals surface area contributed by atoms with Crippen LogP contribution in [0.3, 0.4) is 0 Å². The molecular formula is C9H11ClFN. The Kier molecular flexibility index (Phi) is 3.06. The Morgan fingerprint density at radius 3 is 2.75 bits per heavy atom. The van der Waals surface area contributed by atoms with Crippen molar-refractivity contribution in [1.82, 2.24) is 0 Å². The van der Waals surface area contributed by atoms with Crippen molar-refractivity contribution in [3.63, 3.8) is 0 Å². The second kappa shape index (κ2) is 3.87. The average Bonchev–Trinajstić information content (AvgIpc) is 2.03. The number of rotatable bonds is 2. The third-order valence-electron chi connectivity index (χ3n) is 1.80. The molecule has 1 aromatic rings. The second-order valence-electron chi connectivity index (χ2n) is 2.68. The summed E-state index contributed by atoms with van der Waals surface area (Å²) in [5, 5.41) is 0.402. The van der Waals surface area contributed by atoms with Gasteiger partial charge in [0.1, 0.15) is 5.82 Å². The van der Waals surface area contributed by atoms with E-state index in [4.69, 9.17) is 17.3 Å². The van der Waals surface area contributed by atoms with Gasteiger partial charge in [-0.2, -0.15) is 0 Å². The van der Waals surface area contributed by atoms with E-state index in [2.05, 4.69) is 0 Å². The Bertz CT molecular complexity index is 275. The molecule has 0 saturated carbocycles. The van der Waals surface area contributed by atoms with Crippen molar-refractivity contribution < 1.29 is 4.39 Å². The first kappa shape index (κ1) is 9.49. The smallest absolute Gasteiger partial charge is 0.129 e. The quantitative estimate of drug-likeness (QED) is 0.757. The van der Waals surface area contributed by atoms with E-state index in [9.17, 15) is 4.39 Å². The summed E-state index contributed by atoms with van der Waals surface area (Å²) in [5.41, 5.74) is 6.19. The molecule has 1 atom stereocenters. The fraction of sp³-hybridized carbons (Fsp3) is 0.333. The van der Waals surface area contributed by atoms with E-state index in [0.29, 0.717) is 10.6 Å². The largest absolute Gasteiger partial charge is 0.324 e. The lowest BCUT2D eigenvalue weighted by atomic mass is 10.1. The van der Waals surface area contributed by atoms with Crippen LogP contribution < -0.4 is 5.73 Å². The Morgan fingerprint density at radius 2 is 2.25 bits per heavy atom. The molecule has 0 aliphatic rings. The maximum absolute atomic E-state index is 13.1. The lowest BCUT2D eigenvalue weighted by molar-refractivity contribution is 0.575. The van der Waals surface area contributed by atoms with Crippen LogP contribution in [0.2, 0.25) is 5.02 Å². The molecule has 0 amide bonds. The van der Waals surface area contributed by atoms with Gasteiger partial charge in [0, 0.05) is 16.6 Å². The lowest BCUT2D eigenvalue weighted by Gasteiger charge is -2.09. The van der Waals surface area contributed by atoms with Gasteiger partial charge in [0.15, 0.2) is 0 Å². The highest BCUT2D eigenvalue weighted by molar-refractivity contribution is 6.30. The van der Waals surface area contributed by atoms with Crippen LogP contribution >= 0.6 is 11.6 Å². The third kappa shape index (κ3) is 1.96. The van der Waals surface area contributed by atoms with Crippen molar-refractivity contribution in [2.24, 2.45) is 5.73 Å². The van der Waals surface area contributed by atoms with E-state index in [0.717, 1.165) is 6.42 Å². The van der Waals surface area contributed by atoms with Gasteiger partial charge in [0.2, 0.25) is 0 Å². The van der Waals surface area contributed by atoms with Crippen molar-refractivity contribution >= 4 is 11.6 Å². The van der Waals surface area contributed by atoms with Crippen LogP contribution in [0.1, 0.15) is 24.9 Å². The SMILES string of the molecule is CC[C@@H](N)c1ccc(Cl)cc1F. The van der Waals surface area contributed by atoms with E-state index in [1.807, 2.05) is 6.92 Å². The molecule has 1 rings (SSSR count). The van der Waals surface area contributed by atoms with Gasteiger partial charge in [-0.1, -0.05) is 24.6 Å².